The van der Waals surface area contributed by atoms with Crippen molar-refractivity contribution in [2.75, 3.05) is 6.54 Å². The van der Waals surface area contributed by atoms with Gasteiger partial charge in [0.1, 0.15) is 0 Å². The van der Waals surface area contributed by atoms with Gasteiger partial charge in [0.05, 0.1) is 5.71 Å². The molecule has 2 atom stereocenters. The molecule has 1 aliphatic heterocycles. The molecule has 2 unspecified atom stereocenters. The number of allylic oxidation sites excluding steroid dienone is 1. The standard InChI is InChI=1S/C12H18N2/c1-5-12(13-6-2)11-7-9(3)8-14-10(11)4/h5-7,9-10,14H,1-2,8H2,3-4H3. The Balaban J connectivity index is 2.97. The molecule has 0 bridgehead atoms. The Morgan fingerprint density at radius 1 is 1.57 bits per heavy atom. The zero-order valence-corrected chi connectivity index (χ0v) is 8.96. The molecule has 0 aromatic heterocycles. The molecule has 14 heavy (non-hydrogen) atoms. The number of aliphatic imine (C=N–C) groups is 1. The molecule has 0 amide bonds. The van der Waals surface area contributed by atoms with Gasteiger partial charge in [-0.2, -0.15) is 0 Å². The quantitative estimate of drug-likeness (QED) is 0.678. The van der Waals surface area contributed by atoms with Gasteiger partial charge in [-0.05, 0) is 24.5 Å². The SMILES string of the molecule is C=CN=C(C=C)C1=CC(C)CNC1C. The summed E-state index contributed by atoms with van der Waals surface area (Å²) in [5, 5.41) is 3.42. The maximum Gasteiger partial charge on any atom is 0.0668 e. The lowest BCUT2D eigenvalue weighted by molar-refractivity contribution is 0.520. The highest BCUT2D eigenvalue weighted by molar-refractivity contribution is 6.09. The van der Waals surface area contributed by atoms with Gasteiger partial charge in [-0.3, -0.25) is 4.99 Å². The van der Waals surface area contributed by atoms with E-state index in [4.69, 9.17) is 0 Å². The van der Waals surface area contributed by atoms with Crippen LogP contribution in [0.3, 0.4) is 0 Å². The minimum atomic E-state index is 0.350. The van der Waals surface area contributed by atoms with E-state index in [1.165, 1.54) is 5.57 Å². The zero-order chi connectivity index (χ0) is 10.6. The monoisotopic (exact) mass is 190 g/mol. The predicted octanol–water partition coefficient (Wildman–Crippen LogP) is 2.31. The number of rotatable bonds is 3. The average Bonchev–Trinajstić information content (AvgIpc) is 2.18. The topological polar surface area (TPSA) is 24.4 Å². The predicted molar refractivity (Wildman–Crippen MR) is 62.5 cm³/mol. The summed E-state index contributed by atoms with van der Waals surface area (Å²) in [6.07, 6.45) is 5.60. The fourth-order valence-electron chi connectivity index (χ4n) is 1.63. The van der Waals surface area contributed by atoms with Crippen LogP contribution in [0, 0.1) is 5.92 Å². The molecule has 0 aromatic rings. The van der Waals surface area contributed by atoms with E-state index in [9.17, 15) is 0 Å². The highest BCUT2D eigenvalue weighted by Gasteiger charge is 2.18. The van der Waals surface area contributed by atoms with E-state index in [0.29, 0.717) is 12.0 Å². The van der Waals surface area contributed by atoms with E-state index in [-0.39, 0.29) is 0 Å². The van der Waals surface area contributed by atoms with Gasteiger partial charge < -0.3 is 5.32 Å². The van der Waals surface area contributed by atoms with Crippen molar-refractivity contribution < 1.29 is 0 Å². The van der Waals surface area contributed by atoms with Crippen molar-refractivity contribution in [3.63, 3.8) is 0 Å². The highest BCUT2D eigenvalue weighted by atomic mass is 14.9. The Kier molecular flexibility index (Phi) is 3.84. The molecule has 0 radical (unpaired) electrons. The van der Waals surface area contributed by atoms with Gasteiger partial charge in [-0.25, -0.2) is 0 Å². The summed E-state index contributed by atoms with van der Waals surface area (Å²) in [5.74, 6) is 0.552. The van der Waals surface area contributed by atoms with Crippen molar-refractivity contribution in [2.45, 2.75) is 19.9 Å². The molecule has 1 rings (SSSR count). The summed E-state index contributed by atoms with van der Waals surface area (Å²) in [7, 11) is 0. The van der Waals surface area contributed by atoms with Crippen molar-refractivity contribution >= 4 is 5.71 Å². The molecule has 76 valence electrons. The van der Waals surface area contributed by atoms with E-state index in [2.05, 4.69) is 43.4 Å². The number of hydrogen-bond acceptors (Lipinski definition) is 2. The van der Waals surface area contributed by atoms with Crippen molar-refractivity contribution in [3.05, 3.63) is 37.1 Å². The normalized spacial score (nSPS) is 28.1. The van der Waals surface area contributed by atoms with Gasteiger partial charge in [0, 0.05) is 18.8 Å². The zero-order valence-electron chi connectivity index (χ0n) is 8.96. The van der Waals surface area contributed by atoms with E-state index >= 15 is 0 Å². The third-order valence-electron chi connectivity index (χ3n) is 2.40. The molecular formula is C12H18N2. The Hall–Kier alpha value is -1.15. The number of nitrogens with zero attached hydrogens (tertiary/aromatic N) is 1. The van der Waals surface area contributed by atoms with Crippen LogP contribution in [0.1, 0.15) is 13.8 Å². The third kappa shape index (κ3) is 2.42. The number of hydrogen-bond donors (Lipinski definition) is 1. The minimum absolute atomic E-state index is 0.350. The van der Waals surface area contributed by atoms with Crippen molar-refractivity contribution in [2.24, 2.45) is 10.9 Å². The molecule has 0 aliphatic carbocycles. The van der Waals surface area contributed by atoms with Gasteiger partial charge in [-0.15, -0.1) is 0 Å². The summed E-state index contributed by atoms with van der Waals surface area (Å²) in [6.45, 7) is 12.7. The summed E-state index contributed by atoms with van der Waals surface area (Å²) >= 11 is 0. The Bertz CT molecular complexity index is 287. The first-order valence-electron chi connectivity index (χ1n) is 4.95. The van der Waals surface area contributed by atoms with Crippen LogP contribution < -0.4 is 5.32 Å². The maximum absolute atomic E-state index is 4.21. The van der Waals surface area contributed by atoms with Crippen LogP contribution in [0.5, 0.6) is 0 Å². The van der Waals surface area contributed by atoms with Gasteiger partial charge in [0.2, 0.25) is 0 Å². The first kappa shape index (κ1) is 10.9. The van der Waals surface area contributed by atoms with Crippen LogP contribution in [-0.4, -0.2) is 18.3 Å². The van der Waals surface area contributed by atoms with Crippen molar-refractivity contribution in [3.8, 4) is 0 Å². The largest absolute Gasteiger partial charge is 0.310 e. The van der Waals surface area contributed by atoms with Crippen LogP contribution >= 0.6 is 0 Å². The first-order valence-corrected chi connectivity index (χ1v) is 4.95. The van der Waals surface area contributed by atoms with Crippen LogP contribution in [0.4, 0.5) is 0 Å². The lowest BCUT2D eigenvalue weighted by Crippen LogP contribution is -2.38. The van der Waals surface area contributed by atoms with Crippen LogP contribution in [-0.2, 0) is 0 Å². The molecule has 0 saturated heterocycles. The molecule has 0 saturated carbocycles. The molecule has 2 heteroatoms. The number of nitrogens with one attached hydrogen (secondary N) is 1. The fourth-order valence-corrected chi connectivity index (χ4v) is 1.63. The summed E-state index contributed by atoms with van der Waals surface area (Å²) in [5.41, 5.74) is 2.14. The summed E-state index contributed by atoms with van der Waals surface area (Å²) < 4.78 is 0. The average molecular weight is 190 g/mol. The molecule has 1 heterocycles. The Morgan fingerprint density at radius 3 is 2.86 bits per heavy atom. The molecule has 1 N–H and O–H groups in total. The molecule has 0 aromatic carbocycles. The Morgan fingerprint density at radius 2 is 2.29 bits per heavy atom. The van der Waals surface area contributed by atoms with Gasteiger partial charge in [0.15, 0.2) is 0 Å². The molecular weight excluding hydrogens is 172 g/mol. The third-order valence-corrected chi connectivity index (χ3v) is 2.40. The maximum atomic E-state index is 4.21. The van der Waals surface area contributed by atoms with E-state index in [0.717, 1.165) is 12.3 Å². The highest BCUT2D eigenvalue weighted by Crippen LogP contribution is 2.15. The second-order valence-electron chi connectivity index (χ2n) is 3.63. The van der Waals surface area contributed by atoms with Crippen molar-refractivity contribution in [1.82, 2.24) is 5.32 Å². The summed E-state index contributed by atoms with van der Waals surface area (Å²) in [4.78, 5) is 4.21. The smallest absolute Gasteiger partial charge is 0.0668 e. The molecule has 2 nitrogen and oxygen atoms in total. The molecule has 0 spiro atoms. The van der Waals surface area contributed by atoms with E-state index < -0.39 is 0 Å². The second kappa shape index (κ2) is 4.91. The fraction of sp³-hybridized carbons (Fsp3) is 0.417. The van der Waals surface area contributed by atoms with Crippen LogP contribution in [0.2, 0.25) is 0 Å². The second-order valence-corrected chi connectivity index (χ2v) is 3.63. The molecule has 0 fully saturated rings. The lowest BCUT2D eigenvalue weighted by Gasteiger charge is -2.25. The van der Waals surface area contributed by atoms with Gasteiger partial charge >= 0.3 is 0 Å². The lowest BCUT2D eigenvalue weighted by atomic mass is 9.94. The van der Waals surface area contributed by atoms with E-state index in [1.807, 2.05) is 0 Å². The van der Waals surface area contributed by atoms with E-state index in [1.54, 1.807) is 12.3 Å². The van der Waals surface area contributed by atoms with Crippen LogP contribution in [0.15, 0.2) is 42.1 Å². The van der Waals surface area contributed by atoms with Gasteiger partial charge in [0.25, 0.3) is 0 Å². The first-order chi connectivity index (χ1) is 6.69. The van der Waals surface area contributed by atoms with Gasteiger partial charge in [-0.1, -0.05) is 26.2 Å². The minimum Gasteiger partial charge on any atom is -0.310 e. The Labute approximate surface area is 86.1 Å². The van der Waals surface area contributed by atoms with Crippen molar-refractivity contribution in [1.29, 1.82) is 0 Å². The van der Waals surface area contributed by atoms with Crippen LogP contribution in [0.25, 0.3) is 0 Å². The summed E-state index contributed by atoms with van der Waals surface area (Å²) in [6, 6.07) is 0.350. The molecule has 1 aliphatic rings.